The highest BCUT2D eigenvalue weighted by Crippen LogP contribution is 2.34. The van der Waals surface area contributed by atoms with E-state index in [1.165, 1.54) is 12.1 Å². The molecule has 1 heterocycles. The number of ether oxygens (including phenoxy) is 1. The average Bonchev–Trinajstić information content (AvgIpc) is 3.37. The van der Waals surface area contributed by atoms with E-state index in [-0.39, 0.29) is 19.4 Å². The number of benzene rings is 1. The van der Waals surface area contributed by atoms with Gasteiger partial charge in [-0.1, -0.05) is 0 Å². The molecule has 0 atom stereocenters. The van der Waals surface area contributed by atoms with Gasteiger partial charge in [0.05, 0.1) is 6.61 Å². The predicted molar refractivity (Wildman–Crippen MR) is 88.6 cm³/mol. The van der Waals surface area contributed by atoms with Crippen LogP contribution in [0.15, 0.2) is 30.5 Å². The molecule has 1 aliphatic rings. The van der Waals surface area contributed by atoms with Crippen molar-refractivity contribution in [2.45, 2.75) is 31.7 Å². The summed E-state index contributed by atoms with van der Waals surface area (Å²) in [6.45, 7) is -0.0686. The van der Waals surface area contributed by atoms with Crippen LogP contribution in [-0.2, 0) is 4.79 Å². The highest BCUT2D eigenvalue weighted by molar-refractivity contribution is 5.76. The molecule has 2 N–H and O–H groups in total. The summed E-state index contributed by atoms with van der Waals surface area (Å²) in [5, 5.41) is 11.8. The fourth-order valence-electron chi connectivity index (χ4n) is 2.43. The van der Waals surface area contributed by atoms with E-state index in [1.54, 1.807) is 18.3 Å². The van der Waals surface area contributed by atoms with Crippen molar-refractivity contribution in [3.05, 3.63) is 42.1 Å². The number of carboxylic acids is 1. The Morgan fingerprint density at radius 1 is 1.32 bits per heavy atom. The largest absolute Gasteiger partial charge is 0.488 e. The molecular formula is C18H18F2N2O3. The first kappa shape index (κ1) is 17.1. The van der Waals surface area contributed by atoms with Gasteiger partial charge in [0, 0.05) is 24.2 Å². The Bertz CT molecular complexity index is 756. The van der Waals surface area contributed by atoms with E-state index in [4.69, 9.17) is 9.84 Å². The van der Waals surface area contributed by atoms with E-state index in [1.807, 2.05) is 0 Å². The topological polar surface area (TPSA) is 71.5 Å². The van der Waals surface area contributed by atoms with Crippen molar-refractivity contribution in [3.8, 4) is 16.9 Å². The normalized spacial score (nSPS) is 13.5. The third kappa shape index (κ3) is 4.43. The van der Waals surface area contributed by atoms with E-state index < -0.39 is 23.4 Å². The number of anilines is 1. The molecule has 2 aromatic rings. The average molecular weight is 348 g/mol. The van der Waals surface area contributed by atoms with Crippen molar-refractivity contribution in [1.82, 2.24) is 4.98 Å². The zero-order valence-corrected chi connectivity index (χ0v) is 13.5. The van der Waals surface area contributed by atoms with Gasteiger partial charge in [0.1, 0.15) is 5.82 Å². The van der Waals surface area contributed by atoms with Crippen molar-refractivity contribution >= 4 is 11.8 Å². The number of hydrogen-bond donors (Lipinski definition) is 2. The molecule has 0 spiro atoms. The molecule has 0 aliphatic heterocycles. The third-order valence-corrected chi connectivity index (χ3v) is 3.82. The Kier molecular flexibility index (Phi) is 5.11. The van der Waals surface area contributed by atoms with Crippen LogP contribution in [0.25, 0.3) is 11.1 Å². The molecule has 7 heteroatoms. The monoisotopic (exact) mass is 348 g/mol. The van der Waals surface area contributed by atoms with Crippen LogP contribution in [0.2, 0.25) is 0 Å². The molecule has 0 amide bonds. The Hall–Kier alpha value is -2.70. The maximum atomic E-state index is 14.3. The van der Waals surface area contributed by atoms with E-state index in [2.05, 4.69) is 10.3 Å². The summed E-state index contributed by atoms with van der Waals surface area (Å²) < 4.78 is 33.6. The standard InChI is InChI=1S/C18H18F2N2O3/c19-14-9-11(10-15(20)17(14)25-8-2-4-16(23)24)13-3-1-7-21-18(13)22-12-5-6-12/h1,3,7,9-10,12H,2,4-6,8H2,(H,21,22)(H,23,24). The lowest BCUT2D eigenvalue weighted by molar-refractivity contribution is -0.137. The molecular weight excluding hydrogens is 330 g/mol. The van der Waals surface area contributed by atoms with Gasteiger partial charge in [0.15, 0.2) is 17.4 Å². The molecule has 1 fully saturated rings. The van der Waals surface area contributed by atoms with Gasteiger partial charge in [-0.2, -0.15) is 0 Å². The zero-order chi connectivity index (χ0) is 17.8. The zero-order valence-electron chi connectivity index (χ0n) is 13.5. The minimum atomic E-state index is -0.979. The predicted octanol–water partition coefficient (Wildman–Crippen LogP) is 3.84. The van der Waals surface area contributed by atoms with Crippen molar-refractivity contribution in [1.29, 1.82) is 0 Å². The molecule has 132 valence electrons. The number of pyridine rings is 1. The quantitative estimate of drug-likeness (QED) is 0.709. The second-order valence-corrected chi connectivity index (χ2v) is 5.93. The summed E-state index contributed by atoms with van der Waals surface area (Å²) in [6, 6.07) is 6.22. The van der Waals surface area contributed by atoms with Crippen molar-refractivity contribution in [2.75, 3.05) is 11.9 Å². The van der Waals surface area contributed by atoms with Crippen LogP contribution in [0.3, 0.4) is 0 Å². The van der Waals surface area contributed by atoms with Gasteiger partial charge < -0.3 is 15.2 Å². The molecule has 0 unspecified atom stereocenters. The molecule has 0 saturated heterocycles. The van der Waals surface area contributed by atoms with Crippen LogP contribution >= 0.6 is 0 Å². The lowest BCUT2D eigenvalue weighted by Crippen LogP contribution is -2.06. The Morgan fingerprint density at radius 3 is 2.68 bits per heavy atom. The summed E-state index contributed by atoms with van der Waals surface area (Å²) in [6.07, 6.45) is 3.80. The van der Waals surface area contributed by atoms with Gasteiger partial charge in [0.25, 0.3) is 0 Å². The van der Waals surface area contributed by atoms with E-state index in [0.717, 1.165) is 12.8 Å². The summed E-state index contributed by atoms with van der Waals surface area (Å²) in [5.41, 5.74) is 0.980. The van der Waals surface area contributed by atoms with Gasteiger partial charge >= 0.3 is 5.97 Å². The number of carbonyl (C=O) groups is 1. The lowest BCUT2D eigenvalue weighted by Gasteiger charge is -2.13. The Balaban J connectivity index is 1.79. The van der Waals surface area contributed by atoms with Gasteiger partial charge in [-0.3, -0.25) is 4.79 Å². The first-order valence-electron chi connectivity index (χ1n) is 8.10. The summed E-state index contributed by atoms with van der Waals surface area (Å²) in [4.78, 5) is 14.7. The van der Waals surface area contributed by atoms with Gasteiger partial charge in [-0.05, 0) is 49.1 Å². The molecule has 0 radical (unpaired) electrons. The van der Waals surface area contributed by atoms with Crippen molar-refractivity contribution in [3.63, 3.8) is 0 Å². The van der Waals surface area contributed by atoms with Crippen molar-refractivity contribution in [2.24, 2.45) is 0 Å². The number of halogens is 2. The van der Waals surface area contributed by atoms with Crippen LogP contribution in [0.4, 0.5) is 14.6 Å². The summed E-state index contributed by atoms with van der Waals surface area (Å²) in [5.74, 6) is -2.53. The van der Waals surface area contributed by atoms with Gasteiger partial charge in [0.2, 0.25) is 0 Å². The maximum absolute atomic E-state index is 14.3. The molecule has 1 aromatic heterocycles. The highest BCUT2D eigenvalue weighted by Gasteiger charge is 2.23. The van der Waals surface area contributed by atoms with E-state index in [9.17, 15) is 13.6 Å². The number of aliphatic carboxylic acids is 1. The highest BCUT2D eigenvalue weighted by atomic mass is 19.1. The molecule has 0 bridgehead atoms. The number of aromatic nitrogens is 1. The van der Waals surface area contributed by atoms with E-state index in [0.29, 0.717) is 23.0 Å². The Morgan fingerprint density at radius 2 is 2.04 bits per heavy atom. The Labute approximate surface area is 143 Å². The van der Waals surface area contributed by atoms with Crippen molar-refractivity contribution < 1.29 is 23.4 Å². The number of carboxylic acid groups (broad SMARTS) is 1. The first-order chi connectivity index (χ1) is 12.0. The number of rotatable bonds is 8. The second kappa shape index (κ2) is 7.46. The minimum absolute atomic E-state index is 0.0686. The second-order valence-electron chi connectivity index (χ2n) is 5.93. The molecule has 3 rings (SSSR count). The SMILES string of the molecule is O=C(O)CCCOc1c(F)cc(-c2cccnc2NC2CC2)cc1F. The van der Waals surface area contributed by atoms with Crippen LogP contribution in [0.1, 0.15) is 25.7 Å². The van der Waals surface area contributed by atoms with Crippen LogP contribution in [0.5, 0.6) is 5.75 Å². The number of hydrogen-bond acceptors (Lipinski definition) is 4. The van der Waals surface area contributed by atoms with Gasteiger partial charge in [-0.15, -0.1) is 0 Å². The van der Waals surface area contributed by atoms with E-state index >= 15 is 0 Å². The summed E-state index contributed by atoms with van der Waals surface area (Å²) >= 11 is 0. The number of nitrogens with zero attached hydrogens (tertiary/aromatic N) is 1. The van der Waals surface area contributed by atoms with Crippen LogP contribution < -0.4 is 10.1 Å². The fraction of sp³-hybridized carbons (Fsp3) is 0.333. The molecule has 25 heavy (non-hydrogen) atoms. The minimum Gasteiger partial charge on any atom is -0.488 e. The molecule has 1 aliphatic carbocycles. The summed E-state index contributed by atoms with van der Waals surface area (Å²) in [7, 11) is 0. The maximum Gasteiger partial charge on any atom is 0.303 e. The van der Waals surface area contributed by atoms with Gasteiger partial charge in [-0.25, -0.2) is 13.8 Å². The van der Waals surface area contributed by atoms with Crippen LogP contribution in [-0.4, -0.2) is 28.7 Å². The molecule has 1 aromatic carbocycles. The molecule has 1 saturated carbocycles. The number of nitrogens with one attached hydrogen (secondary N) is 1. The fourth-order valence-corrected chi connectivity index (χ4v) is 2.43. The third-order valence-electron chi connectivity index (χ3n) is 3.82. The molecule has 5 nitrogen and oxygen atoms in total. The van der Waals surface area contributed by atoms with Crippen LogP contribution in [0, 0.1) is 11.6 Å². The first-order valence-corrected chi connectivity index (χ1v) is 8.10. The smallest absolute Gasteiger partial charge is 0.303 e. The lowest BCUT2D eigenvalue weighted by atomic mass is 10.1.